The maximum Gasteiger partial charge on any atom is 0.266 e. The fraction of sp³-hybridized carbons (Fsp3) is 0.0400. The van der Waals surface area contributed by atoms with Crippen molar-refractivity contribution in [2.75, 3.05) is 10.2 Å². The van der Waals surface area contributed by atoms with Gasteiger partial charge in [-0.15, -0.1) is 0 Å². The quantitative estimate of drug-likeness (QED) is 0.440. The van der Waals surface area contributed by atoms with Crippen molar-refractivity contribution in [1.82, 2.24) is 4.98 Å². The third-order valence-corrected chi connectivity index (χ3v) is 5.94. The highest BCUT2D eigenvalue weighted by Crippen LogP contribution is 2.30. The molecule has 1 N–H and O–H groups in total. The summed E-state index contributed by atoms with van der Waals surface area (Å²) < 4.78 is 0. The zero-order valence-electron chi connectivity index (χ0n) is 16.9. The van der Waals surface area contributed by atoms with Gasteiger partial charge in [-0.2, -0.15) is 0 Å². The molecule has 0 saturated heterocycles. The normalized spacial score (nSPS) is 12.9. The van der Waals surface area contributed by atoms with Crippen LogP contribution in [0.15, 0.2) is 72.9 Å². The van der Waals surface area contributed by atoms with Gasteiger partial charge in [0.25, 0.3) is 17.7 Å². The van der Waals surface area contributed by atoms with E-state index < -0.39 is 0 Å². The van der Waals surface area contributed by atoms with Crippen LogP contribution in [0.4, 0.5) is 11.4 Å². The Balaban J connectivity index is 1.40. The van der Waals surface area contributed by atoms with E-state index >= 15 is 0 Å². The van der Waals surface area contributed by atoms with Crippen LogP contribution in [-0.4, -0.2) is 22.7 Å². The minimum atomic E-state index is -0.375. The van der Waals surface area contributed by atoms with Crippen molar-refractivity contribution in [2.24, 2.45) is 0 Å². The number of hydrogen-bond acceptors (Lipinski definition) is 4. The number of imide groups is 1. The van der Waals surface area contributed by atoms with Gasteiger partial charge in [0.05, 0.1) is 28.0 Å². The fourth-order valence-electron chi connectivity index (χ4n) is 3.82. The summed E-state index contributed by atoms with van der Waals surface area (Å²) in [7, 11) is 0. The lowest BCUT2D eigenvalue weighted by Gasteiger charge is -2.14. The predicted octanol–water partition coefficient (Wildman–Crippen LogP) is 5.25. The van der Waals surface area contributed by atoms with Gasteiger partial charge < -0.3 is 5.32 Å². The van der Waals surface area contributed by atoms with Crippen LogP contribution >= 0.6 is 11.6 Å². The SMILES string of the molecule is Cc1c(Cl)ccc2c(NC(=O)c3ccc(N4C(=O)c5ccccc5C4=O)cc3)ccnc12. The van der Waals surface area contributed by atoms with Crippen molar-refractivity contribution in [1.29, 1.82) is 0 Å². The molecule has 3 aromatic carbocycles. The van der Waals surface area contributed by atoms with Crippen LogP contribution in [0, 0.1) is 6.92 Å². The Kier molecular flexibility index (Phi) is 4.72. The molecule has 0 atom stereocenters. The molecule has 0 radical (unpaired) electrons. The molecule has 6 nitrogen and oxygen atoms in total. The van der Waals surface area contributed by atoms with E-state index in [9.17, 15) is 14.4 Å². The maximum atomic E-state index is 12.8. The minimum Gasteiger partial charge on any atom is -0.321 e. The first-order valence-corrected chi connectivity index (χ1v) is 10.3. The summed E-state index contributed by atoms with van der Waals surface area (Å²) in [6, 6.07) is 18.4. The molecule has 156 valence electrons. The molecule has 4 aromatic rings. The number of anilines is 2. The Bertz CT molecular complexity index is 1400. The van der Waals surface area contributed by atoms with Crippen molar-refractivity contribution >= 4 is 51.6 Å². The van der Waals surface area contributed by atoms with E-state index in [2.05, 4.69) is 10.3 Å². The van der Waals surface area contributed by atoms with Gasteiger partial charge in [0.2, 0.25) is 0 Å². The van der Waals surface area contributed by atoms with E-state index in [4.69, 9.17) is 11.6 Å². The van der Waals surface area contributed by atoms with E-state index in [0.717, 1.165) is 21.4 Å². The van der Waals surface area contributed by atoms with Gasteiger partial charge in [-0.05, 0) is 67.1 Å². The molecule has 0 spiro atoms. The number of fused-ring (bicyclic) bond motifs is 2. The van der Waals surface area contributed by atoms with Gasteiger partial charge in [0.15, 0.2) is 0 Å². The van der Waals surface area contributed by atoms with Crippen LogP contribution < -0.4 is 10.2 Å². The van der Waals surface area contributed by atoms with E-state index in [1.165, 1.54) is 0 Å². The lowest BCUT2D eigenvalue weighted by Crippen LogP contribution is -2.29. The number of amides is 3. The van der Waals surface area contributed by atoms with Crippen molar-refractivity contribution < 1.29 is 14.4 Å². The highest BCUT2D eigenvalue weighted by atomic mass is 35.5. The third-order valence-electron chi connectivity index (χ3n) is 5.53. The van der Waals surface area contributed by atoms with Crippen LogP contribution in [-0.2, 0) is 0 Å². The molecule has 1 aliphatic heterocycles. The maximum absolute atomic E-state index is 12.8. The molecule has 2 heterocycles. The van der Waals surface area contributed by atoms with Crippen LogP contribution in [0.2, 0.25) is 5.02 Å². The smallest absolute Gasteiger partial charge is 0.266 e. The number of nitrogens with zero attached hydrogens (tertiary/aromatic N) is 2. The molecule has 1 aromatic heterocycles. The largest absolute Gasteiger partial charge is 0.321 e. The molecule has 3 amide bonds. The molecule has 0 fully saturated rings. The van der Waals surface area contributed by atoms with Gasteiger partial charge in [-0.1, -0.05) is 23.7 Å². The number of aryl methyl sites for hydroxylation is 1. The molecular formula is C25H16ClN3O3. The molecule has 7 heteroatoms. The minimum absolute atomic E-state index is 0.320. The monoisotopic (exact) mass is 441 g/mol. The summed E-state index contributed by atoms with van der Waals surface area (Å²) in [6.07, 6.45) is 1.62. The Labute approximate surface area is 188 Å². The number of halogens is 1. The molecular weight excluding hydrogens is 426 g/mol. The average Bonchev–Trinajstić information content (AvgIpc) is 3.07. The molecule has 5 rings (SSSR count). The Hall–Kier alpha value is -4.03. The number of nitrogens with one attached hydrogen (secondary N) is 1. The number of carbonyl (C=O) groups is 3. The van der Waals surface area contributed by atoms with Gasteiger partial charge in [0, 0.05) is 22.2 Å². The third kappa shape index (κ3) is 3.13. The molecule has 0 saturated carbocycles. The van der Waals surface area contributed by atoms with Crippen molar-refractivity contribution in [3.05, 3.63) is 100 Å². The summed E-state index contributed by atoms with van der Waals surface area (Å²) in [5.74, 6) is -1.07. The first-order valence-electron chi connectivity index (χ1n) is 9.89. The van der Waals surface area contributed by atoms with Crippen LogP contribution in [0.1, 0.15) is 36.6 Å². The molecule has 0 unspecified atom stereocenters. The van der Waals surface area contributed by atoms with Crippen molar-refractivity contribution in [3.63, 3.8) is 0 Å². The van der Waals surface area contributed by atoms with E-state index in [1.807, 2.05) is 13.0 Å². The Morgan fingerprint density at radius 3 is 2.22 bits per heavy atom. The summed E-state index contributed by atoms with van der Waals surface area (Å²) in [4.78, 5) is 43.6. The first kappa shape index (κ1) is 19.9. The molecule has 0 bridgehead atoms. The van der Waals surface area contributed by atoms with Gasteiger partial charge in [-0.25, -0.2) is 4.90 Å². The zero-order valence-corrected chi connectivity index (χ0v) is 17.7. The van der Waals surface area contributed by atoms with Gasteiger partial charge in [-0.3, -0.25) is 19.4 Å². The van der Waals surface area contributed by atoms with E-state index in [-0.39, 0.29) is 17.7 Å². The predicted molar refractivity (Wildman–Crippen MR) is 123 cm³/mol. The number of rotatable bonds is 3. The summed E-state index contributed by atoms with van der Waals surface area (Å²) in [5, 5.41) is 4.29. The lowest BCUT2D eigenvalue weighted by atomic mass is 10.1. The second kappa shape index (κ2) is 7.59. The number of hydrogen-bond donors (Lipinski definition) is 1. The first-order chi connectivity index (χ1) is 15.5. The van der Waals surface area contributed by atoms with Gasteiger partial charge >= 0.3 is 0 Å². The Morgan fingerprint density at radius 1 is 0.906 bits per heavy atom. The number of benzene rings is 3. The van der Waals surface area contributed by atoms with Crippen LogP contribution in [0.3, 0.4) is 0 Å². The van der Waals surface area contributed by atoms with Crippen LogP contribution in [0.25, 0.3) is 10.9 Å². The highest BCUT2D eigenvalue weighted by Gasteiger charge is 2.36. The topological polar surface area (TPSA) is 79.4 Å². The van der Waals surface area contributed by atoms with Crippen molar-refractivity contribution in [3.8, 4) is 0 Å². The molecule has 0 aliphatic carbocycles. The number of carbonyl (C=O) groups excluding carboxylic acids is 3. The lowest BCUT2D eigenvalue weighted by molar-refractivity contribution is 0.0925. The second-order valence-electron chi connectivity index (χ2n) is 7.42. The highest BCUT2D eigenvalue weighted by molar-refractivity contribution is 6.34. The van der Waals surface area contributed by atoms with E-state index in [0.29, 0.717) is 33.1 Å². The zero-order chi connectivity index (χ0) is 22.4. The summed E-state index contributed by atoms with van der Waals surface area (Å²) in [5.41, 5.74) is 3.72. The summed E-state index contributed by atoms with van der Waals surface area (Å²) >= 11 is 6.18. The second-order valence-corrected chi connectivity index (χ2v) is 7.83. The average molecular weight is 442 g/mol. The van der Waals surface area contributed by atoms with Gasteiger partial charge in [0.1, 0.15) is 0 Å². The Morgan fingerprint density at radius 2 is 1.56 bits per heavy atom. The molecule has 32 heavy (non-hydrogen) atoms. The number of pyridine rings is 1. The summed E-state index contributed by atoms with van der Waals surface area (Å²) in [6.45, 7) is 1.88. The van der Waals surface area contributed by atoms with E-state index in [1.54, 1.807) is 66.9 Å². The molecule has 1 aliphatic rings. The fourth-order valence-corrected chi connectivity index (χ4v) is 3.98. The standard InChI is InChI=1S/C25H16ClN3O3/c1-14-20(26)11-10-19-21(12-13-27-22(14)19)28-23(30)15-6-8-16(9-7-15)29-24(31)17-4-2-3-5-18(17)25(29)32/h2-13H,1H3,(H,27,28,30). The van der Waals surface area contributed by atoms with Crippen molar-refractivity contribution in [2.45, 2.75) is 6.92 Å². The number of aromatic nitrogens is 1. The van der Waals surface area contributed by atoms with Crippen LogP contribution in [0.5, 0.6) is 0 Å².